The number of fused-ring (bicyclic) bond motifs is 1. The maximum absolute atomic E-state index is 14.9. The molecule has 0 aliphatic carbocycles. The number of alkyl carbamates (subject to hydrolysis) is 1. The van der Waals surface area contributed by atoms with Crippen molar-refractivity contribution >= 4 is 70.2 Å². The molecule has 2 heterocycles. The summed E-state index contributed by atoms with van der Waals surface area (Å²) in [5, 5.41) is 43.4. The first-order valence-electron chi connectivity index (χ1n) is 31.0. The number of likely N-dealkylation sites (tertiary alicyclic amines) is 1. The molecule has 26 nitrogen and oxygen atoms in total. The van der Waals surface area contributed by atoms with Crippen LogP contribution in [0.4, 0.5) is 4.79 Å². The highest BCUT2D eigenvalue weighted by Crippen LogP contribution is 2.22. The Bertz CT molecular complexity index is 3300. The van der Waals surface area contributed by atoms with Crippen LogP contribution in [0.15, 0.2) is 120 Å². The van der Waals surface area contributed by atoms with E-state index in [1.165, 1.54) is 29.2 Å². The Kier molecular flexibility index (Phi) is 27.3. The second-order valence-electron chi connectivity index (χ2n) is 24.0. The highest BCUT2D eigenvalue weighted by Gasteiger charge is 2.40. The number of aromatic hydroxyl groups is 1. The first-order chi connectivity index (χ1) is 43.9. The van der Waals surface area contributed by atoms with E-state index < -0.39 is 108 Å². The zero-order valence-electron chi connectivity index (χ0n) is 53.0. The molecule has 9 amide bonds. The van der Waals surface area contributed by atoms with Crippen LogP contribution >= 0.6 is 0 Å². The second-order valence-corrected chi connectivity index (χ2v) is 24.0. The van der Waals surface area contributed by atoms with Gasteiger partial charge in [0, 0.05) is 56.0 Å². The number of H-pyrrole nitrogens is 1. The summed E-state index contributed by atoms with van der Waals surface area (Å²) in [7, 11) is 0. The van der Waals surface area contributed by atoms with E-state index in [1.54, 1.807) is 70.3 Å². The lowest BCUT2D eigenvalue weighted by atomic mass is 9.99. The number of para-hydroxylation sites is 1. The predicted octanol–water partition coefficient (Wildman–Crippen LogP) is 2.14. The largest absolute Gasteiger partial charge is 0.508 e. The third kappa shape index (κ3) is 22.7. The lowest BCUT2D eigenvalue weighted by molar-refractivity contribution is -0.142. The molecule has 1 saturated heterocycles. The number of likely N-dealkylation sites (N-methyl/N-ethyl adjacent to an activating group) is 1. The van der Waals surface area contributed by atoms with Crippen molar-refractivity contribution in [3.8, 4) is 5.75 Å². The molecule has 5 aromatic rings. The lowest BCUT2D eigenvalue weighted by Gasteiger charge is -2.30. The number of aromatic amines is 1. The maximum Gasteiger partial charge on any atom is 0.408 e. The van der Waals surface area contributed by atoms with Crippen molar-refractivity contribution in [3.05, 3.63) is 138 Å². The van der Waals surface area contributed by atoms with E-state index in [4.69, 9.17) is 20.9 Å². The van der Waals surface area contributed by atoms with E-state index in [1.807, 2.05) is 62.4 Å². The van der Waals surface area contributed by atoms with Gasteiger partial charge in [-0.3, -0.25) is 43.3 Å². The molecule has 1 aliphatic rings. The number of guanidine groups is 1. The minimum absolute atomic E-state index is 0.0658. The van der Waals surface area contributed by atoms with Crippen molar-refractivity contribution in [3.63, 3.8) is 0 Å². The smallest absolute Gasteiger partial charge is 0.408 e. The molecule has 1 fully saturated rings. The van der Waals surface area contributed by atoms with Gasteiger partial charge in [0.2, 0.25) is 47.3 Å². The van der Waals surface area contributed by atoms with Crippen LogP contribution in [0.5, 0.6) is 5.75 Å². The van der Waals surface area contributed by atoms with E-state index in [-0.39, 0.29) is 88.4 Å². The lowest BCUT2D eigenvalue weighted by Crippen LogP contribution is -2.61. The first kappa shape index (κ1) is 71.5. The van der Waals surface area contributed by atoms with Gasteiger partial charge in [-0.05, 0) is 106 Å². The molecule has 1 aliphatic heterocycles. The molecule has 15 N–H and O–H groups in total. The van der Waals surface area contributed by atoms with Gasteiger partial charge in [0.1, 0.15) is 59.7 Å². The zero-order valence-corrected chi connectivity index (χ0v) is 53.0. The fourth-order valence-electron chi connectivity index (χ4n) is 10.5. The Hall–Kier alpha value is -9.56. The van der Waals surface area contributed by atoms with E-state index in [9.17, 15) is 53.4 Å². The number of ether oxygens (including phenoxy) is 2. The van der Waals surface area contributed by atoms with Crippen LogP contribution in [-0.4, -0.2) is 166 Å². The van der Waals surface area contributed by atoms with Crippen molar-refractivity contribution in [2.24, 2.45) is 22.4 Å². The topological polar surface area (TPSA) is 392 Å². The molecule has 26 heteroatoms. The second kappa shape index (κ2) is 35.2. The molecule has 0 bridgehead atoms. The highest BCUT2D eigenvalue weighted by molar-refractivity contribution is 5.99. The fourth-order valence-corrected chi connectivity index (χ4v) is 10.5. The van der Waals surface area contributed by atoms with Gasteiger partial charge in [-0.2, -0.15) is 0 Å². The third-order valence-electron chi connectivity index (χ3n) is 15.0. The quantitative estimate of drug-likeness (QED) is 0.0163. The summed E-state index contributed by atoms with van der Waals surface area (Å²) in [4.78, 5) is 137. The Balaban J connectivity index is 1.26. The number of rotatable bonds is 33. The average molecular weight is 1270 g/mol. The van der Waals surface area contributed by atoms with Gasteiger partial charge in [-0.15, -0.1) is 0 Å². The molecule has 0 unspecified atom stereocenters. The van der Waals surface area contributed by atoms with Gasteiger partial charge in [-0.1, -0.05) is 105 Å². The molecular formula is C66H89N13O13. The fraction of sp³-hybridized carbons (Fsp3) is 0.455. The van der Waals surface area contributed by atoms with Crippen molar-refractivity contribution in [2.45, 2.75) is 153 Å². The number of hydrogen-bond acceptors (Lipinski definition) is 14. The number of aliphatic hydroxyl groups excluding tert-OH is 1. The molecule has 0 radical (unpaired) electrons. The van der Waals surface area contributed by atoms with Gasteiger partial charge < -0.3 is 83.6 Å². The van der Waals surface area contributed by atoms with E-state index in [2.05, 4.69) is 52.5 Å². The number of aliphatic hydroxyl groups is 1. The molecule has 8 atom stereocenters. The number of nitrogens with zero attached hydrogens (tertiary/aromatic N) is 2. The van der Waals surface area contributed by atoms with Crippen LogP contribution in [-0.2, 0) is 73.7 Å². The Morgan fingerprint density at radius 1 is 0.652 bits per heavy atom. The van der Waals surface area contributed by atoms with Crippen molar-refractivity contribution in [2.75, 3.05) is 32.8 Å². The Morgan fingerprint density at radius 2 is 1.17 bits per heavy atom. The minimum Gasteiger partial charge on any atom is -0.508 e. The minimum atomic E-state index is -1.77. The third-order valence-corrected chi connectivity index (χ3v) is 15.0. The molecule has 6 rings (SSSR count). The van der Waals surface area contributed by atoms with Crippen LogP contribution in [0.2, 0.25) is 0 Å². The molecule has 92 heavy (non-hydrogen) atoms. The molecule has 4 aromatic carbocycles. The zero-order chi connectivity index (χ0) is 66.9. The van der Waals surface area contributed by atoms with Crippen molar-refractivity contribution in [1.82, 2.24) is 52.4 Å². The summed E-state index contributed by atoms with van der Waals surface area (Å²) in [5.74, 6) is -6.55. The number of aliphatic imine (C=N–C) groups is 1. The number of carbonyl (C=O) groups excluding carboxylic acids is 9. The van der Waals surface area contributed by atoms with Gasteiger partial charge in [0.15, 0.2) is 5.96 Å². The van der Waals surface area contributed by atoms with Gasteiger partial charge >= 0.3 is 6.09 Å². The van der Waals surface area contributed by atoms with E-state index >= 15 is 0 Å². The van der Waals surface area contributed by atoms with Gasteiger partial charge in [0.25, 0.3) is 0 Å². The SMILES string of the molecule is CCNC(=O)[C@@H]1CCCN1C(=O)[C@H](CCCN=C(N)N)NC(=O)[C@H](CC(C)C)NC(=O)[C@@H](Cc1ccccc1)NC(=O)[C@H](Cc1ccc(O)cc1)NC(=O)[C@H](CO)NC(=O)[C@H](Cc1c[nH]c2ccccc12)NC(=O)[C@H](COCc1ccccc1)NC(=O)OC(C)(C)C. The molecular weight excluding hydrogens is 1180 g/mol. The number of nitrogens with one attached hydrogen (secondary N) is 9. The van der Waals surface area contributed by atoms with Crippen LogP contribution in [0.3, 0.4) is 0 Å². The number of benzene rings is 4. The molecule has 1 aromatic heterocycles. The van der Waals surface area contributed by atoms with Crippen LogP contribution in [0.25, 0.3) is 10.9 Å². The molecule has 0 saturated carbocycles. The Morgan fingerprint density at radius 3 is 1.76 bits per heavy atom. The normalized spacial score (nSPS) is 15.3. The summed E-state index contributed by atoms with van der Waals surface area (Å²) in [5.41, 5.74) is 13.3. The van der Waals surface area contributed by atoms with Crippen LogP contribution in [0.1, 0.15) is 95.9 Å². The van der Waals surface area contributed by atoms with E-state index in [0.29, 0.717) is 41.5 Å². The number of nitrogens with two attached hydrogens (primary N) is 2. The standard InChI is InChI=1S/C66H89N13O13/c1-7-69-62(88)55-25-17-31-79(55)63(89)48(24-16-30-70-64(67)68)72-56(82)49(32-40(2)3)73-57(83)50(33-41-18-10-8-11-19-41)74-58(84)51(34-42-26-28-45(81)29-27-42)75-60(86)53(37-80)77-59(85)52(35-44-36-71-47-23-15-14-22-46(44)47)76-61(87)54(78-65(90)92-66(4,5)6)39-91-38-43-20-12-9-13-21-43/h8-15,18-23,26-29,36,40,48-55,71,80-81H,7,16-17,24-25,30-35,37-39H2,1-6H3,(H,69,88)(H,72,82)(H,73,83)(H,74,84)(H,75,86)(H,76,87)(H,77,85)(H,78,90)(H4,67,68,70)/t48-,49-,50+,51-,52-,53-,54-,55-/m0/s1. The number of aromatic nitrogens is 1. The number of amides is 9. The number of phenols is 1. The number of phenolic OH excluding ortho intramolecular Hbond substituents is 1. The highest BCUT2D eigenvalue weighted by atomic mass is 16.6. The summed E-state index contributed by atoms with van der Waals surface area (Å²) >= 11 is 0. The molecule has 0 spiro atoms. The average Bonchev–Trinajstić information content (AvgIpc) is 1.67. The van der Waals surface area contributed by atoms with E-state index in [0.717, 1.165) is 11.1 Å². The summed E-state index contributed by atoms with van der Waals surface area (Å²) < 4.78 is 11.4. The monoisotopic (exact) mass is 1270 g/mol. The van der Waals surface area contributed by atoms with Gasteiger partial charge in [-0.25, -0.2) is 4.79 Å². The summed E-state index contributed by atoms with van der Waals surface area (Å²) in [6, 6.07) is 19.9. The summed E-state index contributed by atoms with van der Waals surface area (Å²) in [6.45, 7) is 9.83. The van der Waals surface area contributed by atoms with Crippen LogP contribution in [0, 0.1) is 5.92 Å². The van der Waals surface area contributed by atoms with Crippen molar-refractivity contribution in [1.29, 1.82) is 0 Å². The predicted molar refractivity (Wildman–Crippen MR) is 345 cm³/mol. The van der Waals surface area contributed by atoms with Gasteiger partial charge in [0.05, 0.1) is 19.8 Å². The number of hydrogen-bond donors (Lipinski definition) is 13. The maximum atomic E-state index is 14.9. The number of carbonyl (C=O) groups is 9. The van der Waals surface area contributed by atoms with Crippen molar-refractivity contribution < 1.29 is 62.8 Å². The summed E-state index contributed by atoms with van der Waals surface area (Å²) in [6.07, 6.45) is 1.58. The van der Waals surface area contributed by atoms with Crippen LogP contribution < -0.4 is 54.0 Å². The first-order valence-corrected chi connectivity index (χ1v) is 31.0. The molecule has 496 valence electrons. The Labute approximate surface area is 535 Å².